The summed E-state index contributed by atoms with van der Waals surface area (Å²) in [5.74, 6) is -12.1. The third-order valence-electron chi connectivity index (χ3n) is 8.73. The van der Waals surface area contributed by atoms with Crippen molar-refractivity contribution < 1.29 is 63.3 Å². The van der Waals surface area contributed by atoms with Crippen LogP contribution >= 0.6 is 0 Å². The van der Waals surface area contributed by atoms with E-state index < -0.39 is 121 Å². The van der Waals surface area contributed by atoms with Crippen LogP contribution in [0, 0.1) is 0 Å². The molecule has 0 aliphatic rings. The van der Waals surface area contributed by atoms with Gasteiger partial charge in [-0.2, -0.15) is 0 Å². The zero-order valence-electron chi connectivity index (χ0n) is 33.8. The molecule has 0 aromatic heterocycles. The topological polar surface area (TPSA) is 446 Å². The number of hydrogen-bond donors (Lipinski definition) is 14. The summed E-state index contributed by atoms with van der Waals surface area (Å²) in [6.45, 7) is -0.979. The monoisotopic (exact) mass is 884 g/mol. The van der Waals surface area contributed by atoms with Crippen LogP contribution in [0.15, 0.2) is 59.6 Å². The van der Waals surface area contributed by atoms with E-state index in [0.29, 0.717) is 11.1 Å². The van der Waals surface area contributed by atoms with Crippen molar-refractivity contribution >= 4 is 65.2 Å². The molecule has 6 atom stereocenters. The first-order valence-corrected chi connectivity index (χ1v) is 19.1. The van der Waals surface area contributed by atoms with Gasteiger partial charge in [0.1, 0.15) is 36.0 Å². The summed E-state index contributed by atoms with van der Waals surface area (Å²) in [4.78, 5) is 130. The first-order valence-electron chi connectivity index (χ1n) is 19.1. The molecule has 0 fully saturated rings. The van der Waals surface area contributed by atoms with Crippen LogP contribution in [-0.2, 0) is 60.8 Å². The molecular formula is C38H52N12O13. The molecule has 2 aromatic carbocycles. The fraction of sp³-hybridized carbons (Fsp3) is 0.395. The van der Waals surface area contributed by atoms with Crippen LogP contribution in [0.4, 0.5) is 0 Å². The predicted molar refractivity (Wildman–Crippen MR) is 220 cm³/mol. The number of carboxylic acid groups (broad SMARTS) is 2. The lowest BCUT2D eigenvalue weighted by atomic mass is 10.0. The Bertz CT molecular complexity index is 2000. The number of phenolic OH excluding ortho intramolecular Hbond substituents is 1. The van der Waals surface area contributed by atoms with E-state index in [1.807, 2.05) is 0 Å². The first kappa shape index (κ1) is 51.3. The number of amides is 8. The Morgan fingerprint density at radius 2 is 1.08 bits per heavy atom. The molecule has 19 N–H and O–H groups in total. The Morgan fingerprint density at radius 1 is 0.571 bits per heavy atom. The van der Waals surface area contributed by atoms with E-state index in [0.717, 1.165) is 0 Å². The number of rotatable bonds is 27. The zero-order chi connectivity index (χ0) is 47.2. The molecule has 8 amide bonds. The number of guanidine groups is 1. The number of aromatic hydroxyl groups is 1. The van der Waals surface area contributed by atoms with Crippen molar-refractivity contribution in [1.29, 1.82) is 0 Å². The van der Waals surface area contributed by atoms with Gasteiger partial charge in [0, 0.05) is 13.0 Å². The summed E-state index contributed by atoms with van der Waals surface area (Å²) < 4.78 is 0. The second kappa shape index (κ2) is 25.7. The minimum Gasteiger partial charge on any atom is -0.508 e. The fourth-order valence-electron chi connectivity index (χ4n) is 5.64. The molecule has 0 radical (unpaired) electrons. The van der Waals surface area contributed by atoms with Crippen LogP contribution in [-0.4, -0.2) is 130 Å². The van der Waals surface area contributed by atoms with Crippen LogP contribution in [0.25, 0.3) is 0 Å². The number of aliphatic carboxylic acids is 2. The maximum Gasteiger partial charge on any atom is 0.326 e. The first-order chi connectivity index (χ1) is 29.6. The van der Waals surface area contributed by atoms with Gasteiger partial charge >= 0.3 is 11.9 Å². The van der Waals surface area contributed by atoms with Crippen LogP contribution in [0.1, 0.15) is 43.2 Å². The Morgan fingerprint density at radius 3 is 1.65 bits per heavy atom. The molecule has 0 bridgehead atoms. The van der Waals surface area contributed by atoms with Gasteiger partial charge in [0.05, 0.1) is 31.8 Å². The number of primary amides is 2. The fourth-order valence-corrected chi connectivity index (χ4v) is 5.64. The number of carbonyl (C=O) groups is 10. The molecule has 342 valence electrons. The predicted octanol–water partition coefficient (Wildman–Crippen LogP) is -5.59. The second-order valence-corrected chi connectivity index (χ2v) is 14.0. The third kappa shape index (κ3) is 19.9. The van der Waals surface area contributed by atoms with Crippen molar-refractivity contribution in [2.24, 2.45) is 33.7 Å². The lowest BCUT2D eigenvalue weighted by Gasteiger charge is -2.25. The Labute approximate surface area is 359 Å². The lowest BCUT2D eigenvalue weighted by Crippen LogP contribution is -2.59. The average molecular weight is 885 g/mol. The highest BCUT2D eigenvalue weighted by Crippen LogP contribution is 2.12. The van der Waals surface area contributed by atoms with E-state index >= 15 is 0 Å². The second-order valence-electron chi connectivity index (χ2n) is 14.0. The van der Waals surface area contributed by atoms with Gasteiger partial charge in [-0.1, -0.05) is 42.5 Å². The van der Waals surface area contributed by atoms with Crippen LogP contribution in [0.5, 0.6) is 5.75 Å². The minimum absolute atomic E-state index is 0.0235. The van der Waals surface area contributed by atoms with Crippen molar-refractivity contribution in [3.05, 3.63) is 65.7 Å². The average Bonchev–Trinajstić information content (AvgIpc) is 3.20. The van der Waals surface area contributed by atoms with Gasteiger partial charge in [0.15, 0.2) is 5.96 Å². The summed E-state index contributed by atoms with van der Waals surface area (Å²) in [6.07, 6.45) is -3.00. The highest BCUT2D eigenvalue weighted by molar-refractivity contribution is 5.98. The molecular weight excluding hydrogens is 832 g/mol. The number of carbonyl (C=O) groups excluding carboxylic acids is 8. The van der Waals surface area contributed by atoms with Gasteiger partial charge in [-0.15, -0.1) is 0 Å². The molecule has 0 aliphatic carbocycles. The number of benzene rings is 2. The quantitative estimate of drug-likeness (QED) is 0.0226. The molecule has 0 saturated carbocycles. The van der Waals surface area contributed by atoms with Crippen LogP contribution in [0.3, 0.4) is 0 Å². The molecule has 0 unspecified atom stereocenters. The van der Waals surface area contributed by atoms with Gasteiger partial charge in [-0.3, -0.25) is 48.1 Å². The maximum absolute atomic E-state index is 13.6. The molecule has 0 aliphatic heterocycles. The highest BCUT2D eigenvalue weighted by atomic mass is 16.4. The molecule has 0 saturated heterocycles. The summed E-state index contributed by atoms with van der Waals surface area (Å²) >= 11 is 0. The van der Waals surface area contributed by atoms with Crippen LogP contribution in [0.2, 0.25) is 0 Å². The third-order valence-corrected chi connectivity index (χ3v) is 8.73. The van der Waals surface area contributed by atoms with Crippen molar-refractivity contribution in [3.8, 4) is 5.75 Å². The number of aliphatic imine (C=N–C) groups is 1. The van der Waals surface area contributed by atoms with Crippen molar-refractivity contribution in [2.45, 2.75) is 81.2 Å². The Hall–Kier alpha value is -7.83. The minimum atomic E-state index is -1.89. The molecule has 0 heterocycles. The van der Waals surface area contributed by atoms with Gasteiger partial charge in [0.25, 0.3) is 0 Å². The lowest BCUT2D eigenvalue weighted by molar-refractivity contribution is -0.143. The smallest absolute Gasteiger partial charge is 0.326 e. The van der Waals surface area contributed by atoms with Gasteiger partial charge < -0.3 is 75.9 Å². The van der Waals surface area contributed by atoms with Gasteiger partial charge in [0.2, 0.25) is 47.3 Å². The molecule has 25 heteroatoms. The number of nitrogens with one attached hydrogen (secondary N) is 6. The summed E-state index contributed by atoms with van der Waals surface area (Å²) in [7, 11) is 0. The Kier molecular flexibility index (Phi) is 20.9. The molecule has 2 rings (SSSR count). The summed E-state index contributed by atoms with van der Waals surface area (Å²) in [5, 5.41) is 42.1. The number of carboxylic acids is 2. The maximum atomic E-state index is 13.6. The number of nitrogens with two attached hydrogens (primary N) is 5. The van der Waals surface area contributed by atoms with E-state index in [2.05, 4.69) is 36.9 Å². The van der Waals surface area contributed by atoms with E-state index in [9.17, 15) is 63.3 Å². The summed E-state index contributed by atoms with van der Waals surface area (Å²) in [5.41, 5.74) is 28.3. The van der Waals surface area contributed by atoms with Gasteiger partial charge in [-0.05, 0) is 42.5 Å². The van der Waals surface area contributed by atoms with E-state index in [-0.39, 0.29) is 43.9 Å². The molecule has 63 heavy (non-hydrogen) atoms. The normalized spacial score (nSPS) is 13.5. The van der Waals surface area contributed by atoms with E-state index in [1.54, 1.807) is 30.3 Å². The molecule has 0 spiro atoms. The SMILES string of the molecule is NC(=O)C[C@H](NC(=O)[C@H](Cc1ccc(O)cc1)NC(=O)CNC(=O)[C@H](CC(=O)O)NC(=O)[C@H](CCCN=C(N)N)NC(=O)[C@H](CC(N)=O)NC(=O)[C@@H](N)Cc1ccccc1)C(=O)O. The zero-order valence-corrected chi connectivity index (χ0v) is 33.8. The van der Waals surface area contributed by atoms with Crippen LogP contribution < -0.4 is 60.6 Å². The van der Waals surface area contributed by atoms with Crippen molar-refractivity contribution in [2.75, 3.05) is 13.1 Å². The van der Waals surface area contributed by atoms with Gasteiger partial charge in [-0.25, -0.2) is 4.79 Å². The van der Waals surface area contributed by atoms with Crippen molar-refractivity contribution in [3.63, 3.8) is 0 Å². The van der Waals surface area contributed by atoms with Crippen molar-refractivity contribution in [1.82, 2.24) is 31.9 Å². The Balaban J connectivity index is 2.26. The molecule has 25 nitrogen and oxygen atoms in total. The number of phenols is 1. The standard InChI is InChI=1S/C38H52N12O13/c39-22(13-19-5-2-1-3-6-19)32(57)48-25(15-28(40)52)36(61)47-23(7-4-12-44-38(42)43)34(59)49-26(17-31(55)56)33(58)45-18-30(54)46-24(14-20-8-10-21(51)11-9-20)35(60)50-27(37(62)63)16-29(41)53/h1-3,5-6,8-11,22-27,51H,4,7,12-18,39H2,(H2,40,52)(H2,41,53)(H,45,58)(H,46,54)(H,47,61)(H,48,57)(H,49,59)(H,50,60)(H,55,56)(H,62,63)(H4,42,43,44)/t22-,23-,24-,25-,26-,27-/m0/s1. The van der Waals surface area contributed by atoms with E-state index in [4.69, 9.17) is 28.7 Å². The van der Waals surface area contributed by atoms with E-state index in [1.165, 1.54) is 24.3 Å². The highest BCUT2D eigenvalue weighted by Gasteiger charge is 2.33. The number of hydrogen-bond acceptors (Lipinski definition) is 13. The molecule has 2 aromatic rings. The summed E-state index contributed by atoms with van der Waals surface area (Å²) in [6, 6.07) is 4.39. The number of nitrogens with zero attached hydrogens (tertiary/aromatic N) is 1. The largest absolute Gasteiger partial charge is 0.508 e.